The van der Waals surface area contributed by atoms with Crippen LogP contribution in [0.1, 0.15) is 17.2 Å². The van der Waals surface area contributed by atoms with Crippen LogP contribution < -0.4 is 5.73 Å². The Bertz CT molecular complexity index is 1270. The number of benzene rings is 2. The lowest BCUT2D eigenvalue weighted by molar-refractivity contribution is -0.137. The SMILES string of the molecule is CN(C)C[C@@H](c1ccc(C(F)(F)F)cc1)n1cc(-c2ncnc(N)c2-c2ccc(Cl)cc2)cn1. The second kappa shape index (κ2) is 9.44. The van der Waals surface area contributed by atoms with Gasteiger partial charge in [-0.3, -0.25) is 4.68 Å². The molecule has 2 aromatic heterocycles. The molecule has 0 fully saturated rings. The first kappa shape index (κ1) is 23.7. The molecule has 2 N–H and O–H groups in total. The monoisotopic (exact) mass is 486 g/mol. The van der Waals surface area contributed by atoms with Gasteiger partial charge in [0.2, 0.25) is 0 Å². The van der Waals surface area contributed by atoms with Gasteiger partial charge in [-0.2, -0.15) is 18.3 Å². The standard InChI is InChI=1S/C24H22ClF3N6/c1-33(2)13-20(15-3-7-18(8-4-15)24(26,27)28)34-12-17(11-32-34)22-21(23(29)31-14-30-22)16-5-9-19(25)10-6-16/h3-12,14,20H,13H2,1-2H3,(H2,29,30,31)/t20-/m0/s1. The predicted octanol–water partition coefficient (Wildman–Crippen LogP) is 5.41. The number of anilines is 1. The fraction of sp³-hybridized carbons (Fsp3) is 0.208. The molecule has 0 bridgehead atoms. The van der Waals surface area contributed by atoms with Gasteiger partial charge >= 0.3 is 6.18 Å². The Morgan fingerprint density at radius 3 is 2.29 bits per heavy atom. The van der Waals surface area contributed by atoms with Crippen LogP contribution in [-0.2, 0) is 6.18 Å². The van der Waals surface area contributed by atoms with Gasteiger partial charge in [0.25, 0.3) is 0 Å². The minimum absolute atomic E-state index is 0.313. The van der Waals surface area contributed by atoms with Crippen LogP contribution in [0, 0.1) is 0 Å². The first-order chi connectivity index (χ1) is 16.1. The maximum Gasteiger partial charge on any atom is 0.416 e. The van der Waals surface area contributed by atoms with Crippen molar-refractivity contribution in [2.75, 3.05) is 26.4 Å². The van der Waals surface area contributed by atoms with Crippen LogP contribution in [0.4, 0.5) is 19.0 Å². The lowest BCUT2D eigenvalue weighted by Gasteiger charge is -2.22. The van der Waals surface area contributed by atoms with E-state index in [0.29, 0.717) is 39.8 Å². The van der Waals surface area contributed by atoms with Crippen molar-refractivity contribution in [1.82, 2.24) is 24.6 Å². The van der Waals surface area contributed by atoms with Gasteiger partial charge in [-0.25, -0.2) is 9.97 Å². The van der Waals surface area contributed by atoms with E-state index in [9.17, 15) is 13.2 Å². The van der Waals surface area contributed by atoms with E-state index in [-0.39, 0.29) is 6.04 Å². The van der Waals surface area contributed by atoms with Crippen molar-refractivity contribution < 1.29 is 13.2 Å². The Balaban J connectivity index is 1.74. The molecule has 0 aliphatic rings. The van der Waals surface area contributed by atoms with E-state index in [0.717, 1.165) is 17.7 Å². The van der Waals surface area contributed by atoms with Crippen LogP contribution >= 0.6 is 11.6 Å². The van der Waals surface area contributed by atoms with E-state index in [1.807, 2.05) is 37.3 Å². The van der Waals surface area contributed by atoms with Gasteiger partial charge in [-0.15, -0.1) is 0 Å². The molecule has 34 heavy (non-hydrogen) atoms. The first-order valence-electron chi connectivity index (χ1n) is 10.4. The van der Waals surface area contributed by atoms with Crippen molar-refractivity contribution in [1.29, 1.82) is 0 Å². The molecule has 176 valence electrons. The maximum absolute atomic E-state index is 13.0. The van der Waals surface area contributed by atoms with Crippen LogP contribution in [0.2, 0.25) is 5.02 Å². The van der Waals surface area contributed by atoms with Gasteiger partial charge in [0.1, 0.15) is 12.1 Å². The maximum atomic E-state index is 13.0. The number of rotatable bonds is 6. The topological polar surface area (TPSA) is 72.9 Å². The average Bonchev–Trinajstić information content (AvgIpc) is 3.27. The molecule has 6 nitrogen and oxygen atoms in total. The van der Waals surface area contributed by atoms with Crippen molar-refractivity contribution in [3.63, 3.8) is 0 Å². The van der Waals surface area contributed by atoms with Crippen molar-refractivity contribution in [3.05, 3.63) is 83.4 Å². The van der Waals surface area contributed by atoms with Gasteiger partial charge in [-0.05, 0) is 49.5 Å². The Morgan fingerprint density at radius 2 is 1.68 bits per heavy atom. The van der Waals surface area contributed by atoms with Crippen LogP contribution in [0.3, 0.4) is 0 Å². The van der Waals surface area contributed by atoms with Gasteiger partial charge < -0.3 is 10.6 Å². The Kier molecular flexibility index (Phi) is 6.58. The molecule has 0 spiro atoms. The summed E-state index contributed by atoms with van der Waals surface area (Å²) >= 11 is 6.03. The quantitative estimate of drug-likeness (QED) is 0.394. The lowest BCUT2D eigenvalue weighted by Crippen LogP contribution is -2.26. The number of alkyl halides is 3. The molecule has 4 rings (SSSR count). The van der Waals surface area contributed by atoms with Gasteiger partial charge in [-0.1, -0.05) is 35.9 Å². The minimum atomic E-state index is -4.39. The van der Waals surface area contributed by atoms with Crippen molar-refractivity contribution in [3.8, 4) is 22.4 Å². The van der Waals surface area contributed by atoms with Gasteiger partial charge in [0.15, 0.2) is 0 Å². The molecule has 0 saturated carbocycles. The van der Waals surface area contributed by atoms with E-state index < -0.39 is 11.7 Å². The Morgan fingerprint density at radius 1 is 1.00 bits per heavy atom. The van der Waals surface area contributed by atoms with Crippen LogP contribution in [0.5, 0.6) is 0 Å². The molecule has 0 unspecified atom stereocenters. The minimum Gasteiger partial charge on any atom is -0.383 e. The summed E-state index contributed by atoms with van der Waals surface area (Å²) in [7, 11) is 3.79. The molecule has 0 amide bonds. The van der Waals surface area contributed by atoms with Crippen molar-refractivity contribution in [2.45, 2.75) is 12.2 Å². The normalized spacial score (nSPS) is 12.8. The molecule has 0 aliphatic heterocycles. The van der Waals surface area contributed by atoms with Crippen LogP contribution in [0.25, 0.3) is 22.4 Å². The molecule has 2 aromatic carbocycles. The highest BCUT2D eigenvalue weighted by atomic mass is 35.5. The molecule has 0 radical (unpaired) electrons. The number of nitrogens with zero attached hydrogens (tertiary/aromatic N) is 5. The molecule has 0 saturated heterocycles. The highest BCUT2D eigenvalue weighted by Crippen LogP contribution is 2.35. The van der Waals surface area contributed by atoms with Crippen molar-refractivity contribution in [2.24, 2.45) is 0 Å². The summed E-state index contributed by atoms with van der Waals surface area (Å²) in [6.45, 7) is 0.530. The fourth-order valence-corrected chi connectivity index (χ4v) is 3.86. The van der Waals surface area contributed by atoms with E-state index >= 15 is 0 Å². The molecule has 4 aromatic rings. The van der Waals surface area contributed by atoms with Gasteiger partial charge in [0.05, 0.1) is 29.1 Å². The third kappa shape index (κ3) is 5.05. The van der Waals surface area contributed by atoms with Gasteiger partial charge in [0, 0.05) is 23.3 Å². The van der Waals surface area contributed by atoms with E-state index in [2.05, 4.69) is 15.1 Å². The van der Waals surface area contributed by atoms with Crippen LogP contribution in [0.15, 0.2) is 67.3 Å². The molecule has 10 heteroatoms. The summed E-state index contributed by atoms with van der Waals surface area (Å²) in [5.41, 5.74) is 8.96. The Hall–Kier alpha value is -3.43. The molecule has 0 aliphatic carbocycles. The molecular formula is C24H22ClF3N6. The summed E-state index contributed by atoms with van der Waals surface area (Å²) in [5.74, 6) is 0.313. The number of aromatic nitrogens is 4. The zero-order valence-corrected chi connectivity index (χ0v) is 19.2. The predicted molar refractivity (Wildman–Crippen MR) is 126 cm³/mol. The smallest absolute Gasteiger partial charge is 0.383 e. The van der Waals surface area contributed by atoms with Crippen molar-refractivity contribution >= 4 is 17.4 Å². The summed E-state index contributed by atoms with van der Waals surface area (Å²) in [4.78, 5) is 10.5. The lowest BCUT2D eigenvalue weighted by atomic mass is 10.0. The largest absolute Gasteiger partial charge is 0.416 e. The van der Waals surface area contributed by atoms with E-state index in [4.69, 9.17) is 17.3 Å². The highest BCUT2D eigenvalue weighted by Gasteiger charge is 2.30. The summed E-state index contributed by atoms with van der Waals surface area (Å²) in [6.07, 6.45) is 0.467. The number of likely N-dealkylation sites (N-methyl/N-ethyl adjacent to an activating group) is 1. The summed E-state index contributed by atoms with van der Waals surface area (Å²) in [6, 6.07) is 12.0. The third-order valence-corrected chi connectivity index (χ3v) is 5.62. The molecule has 1 atom stereocenters. The second-order valence-corrected chi connectivity index (χ2v) is 8.53. The van der Waals surface area contributed by atoms with E-state index in [1.165, 1.54) is 18.5 Å². The Labute approximate surface area is 199 Å². The zero-order valence-electron chi connectivity index (χ0n) is 18.5. The fourth-order valence-electron chi connectivity index (χ4n) is 3.73. The van der Waals surface area contributed by atoms with Crippen LogP contribution in [-0.4, -0.2) is 45.3 Å². The molecular weight excluding hydrogens is 465 g/mol. The number of nitrogens with two attached hydrogens (primary N) is 1. The third-order valence-electron chi connectivity index (χ3n) is 5.36. The summed E-state index contributed by atoms with van der Waals surface area (Å²) in [5, 5.41) is 5.11. The number of nitrogen functional groups attached to an aromatic ring is 1. The number of hydrogen-bond donors (Lipinski definition) is 1. The first-order valence-corrected chi connectivity index (χ1v) is 10.7. The van der Waals surface area contributed by atoms with E-state index in [1.54, 1.807) is 23.0 Å². The zero-order chi connectivity index (χ0) is 24.5. The summed E-state index contributed by atoms with van der Waals surface area (Å²) < 4.78 is 40.8. The number of hydrogen-bond acceptors (Lipinski definition) is 5. The highest BCUT2D eigenvalue weighted by molar-refractivity contribution is 6.30. The average molecular weight is 487 g/mol. The second-order valence-electron chi connectivity index (χ2n) is 8.10. The molecule has 2 heterocycles. The number of halogens is 4.